The fourth-order valence-electron chi connectivity index (χ4n) is 3.80. The molecule has 7 nitrogen and oxygen atoms in total. The van der Waals surface area contributed by atoms with Crippen molar-refractivity contribution in [2.75, 3.05) is 20.8 Å². The van der Waals surface area contributed by atoms with Crippen molar-refractivity contribution in [2.24, 2.45) is 0 Å². The van der Waals surface area contributed by atoms with Crippen molar-refractivity contribution in [1.82, 2.24) is 19.7 Å². The van der Waals surface area contributed by atoms with Gasteiger partial charge in [0.2, 0.25) is 5.91 Å². The number of imidazole rings is 1. The van der Waals surface area contributed by atoms with Crippen LogP contribution in [0.2, 0.25) is 5.02 Å². The minimum Gasteiger partial charge on any atom is -0.493 e. The topological polar surface area (TPSA) is 77.8 Å². The number of rotatable bonds is 9. The number of methoxy groups -OCH3 is 2. The molecule has 36 heavy (non-hydrogen) atoms. The SMILES string of the molecule is COc1ccc(-c2nc(CCNC(=O)Cc3csc4nc(-c5ccc(Cl)cc5)cn34)cs2)cc1OC. The van der Waals surface area contributed by atoms with Crippen LogP contribution in [0.4, 0.5) is 0 Å². The number of fused-ring (bicyclic) bond motifs is 1. The third kappa shape index (κ3) is 5.23. The zero-order chi connectivity index (χ0) is 25.1. The molecule has 0 atom stereocenters. The third-order valence-corrected chi connectivity index (χ3v) is 7.73. The van der Waals surface area contributed by atoms with Crippen LogP contribution in [0.1, 0.15) is 11.4 Å². The largest absolute Gasteiger partial charge is 0.493 e. The van der Waals surface area contributed by atoms with Gasteiger partial charge in [-0.25, -0.2) is 9.97 Å². The quantitative estimate of drug-likeness (QED) is 0.258. The smallest absolute Gasteiger partial charge is 0.225 e. The molecular formula is C26H23ClN4O3S2. The number of nitrogens with one attached hydrogen (secondary N) is 1. The molecule has 2 aromatic carbocycles. The van der Waals surface area contributed by atoms with Gasteiger partial charge in [0.05, 0.1) is 32.0 Å². The van der Waals surface area contributed by atoms with Crippen LogP contribution in [-0.4, -0.2) is 41.0 Å². The van der Waals surface area contributed by atoms with Gasteiger partial charge in [-0.3, -0.25) is 9.20 Å². The number of nitrogens with zero attached hydrogens (tertiary/aromatic N) is 3. The Hall–Kier alpha value is -3.40. The van der Waals surface area contributed by atoms with Crippen LogP contribution in [0.5, 0.6) is 11.5 Å². The van der Waals surface area contributed by atoms with Gasteiger partial charge in [-0.15, -0.1) is 22.7 Å². The molecule has 184 valence electrons. The van der Waals surface area contributed by atoms with Crippen molar-refractivity contribution in [3.05, 3.63) is 75.8 Å². The van der Waals surface area contributed by atoms with Crippen molar-refractivity contribution in [3.8, 4) is 33.3 Å². The van der Waals surface area contributed by atoms with Gasteiger partial charge in [0.15, 0.2) is 16.5 Å². The number of carbonyl (C=O) groups is 1. The summed E-state index contributed by atoms with van der Waals surface area (Å²) >= 11 is 9.08. The molecule has 0 saturated carbocycles. The van der Waals surface area contributed by atoms with Crippen LogP contribution in [0, 0.1) is 0 Å². The van der Waals surface area contributed by atoms with E-state index in [1.165, 1.54) is 11.3 Å². The Kier molecular flexibility index (Phi) is 7.22. The summed E-state index contributed by atoms with van der Waals surface area (Å²) in [5, 5.41) is 8.59. The Bertz CT molecular complexity index is 1510. The maximum absolute atomic E-state index is 12.6. The Morgan fingerprint density at radius 2 is 1.78 bits per heavy atom. The van der Waals surface area contributed by atoms with Gasteiger partial charge in [0.25, 0.3) is 0 Å². The summed E-state index contributed by atoms with van der Waals surface area (Å²) < 4.78 is 12.7. The maximum Gasteiger partial charge on any atom is 0.225 e. The average Bonchev–Trinajstić information content (AvgIpc) is 3.62. The second kappa shape index (κ2) is 10.7. The number of ether oxygens (including phenoxy) is 2. The number of thiazole rings is 2. The monoisotopic (exact) mass is 538 g/mol. The highest BCUT2D eigenvalue weighted by atomic mass is 35.5. The molecule has 0 unspecified atom stereocenters. The van der Waals surface area contributed by atoms with Crippen LogP contribution >= 0.6 is 34.3 Å². The van der Waals surface area contributed by atoms with Crippen LogP contribution in [-0.2, 0) is 17.6 Å². The lowest BCUT2D eigenvalue weighted by Gasteiger charge is -2.08. The standard InChI is InChI=1S/C26H23ClN4O3S2/c1-33-22-8-5-17(11-23(22)34-2)25-29-19(14-35-25)9-10-28-24(32)12-20-15-36-26-30-21(13-31(20)26)16-3-6-18(27)7-4-16/h3-8,11,13-15H,9-10,12H2,1-2H3,(H,28,32). The zero-order valence-corrected chi connectivity index (χ0v) is 22.0. The Morgan fingerprint density at radius 3 is 2.56 bits per heavy atom. The van der Waals surface area contributed by atoms with Crippen molar-refractivity contribution in [3.63, 3.8) is 0 Å². The molecule has 1 amide bonds. The molecule has 5 rings (SSSR count). The third-order valence-electron chi connectivity index (χ3n) is 5.65. The Labute approximate surface area is 221 Å². The van der Waals surface area contributed by atoms with E-state index in [2.05, 4.69) is 10.3 Å². The van der Waals surface area contributed by atoms with E-state index in [9.17, 15) is 4.79 Å². The van der Waals surface area contributed by atoms with E-state index >= 15 is 0 Å². The van der Waals surface area contributed by atoms with E-state index < -0.39 is 0 Å². The van der Waals surface area contributed by atoms with E-state index in [4.69, 9.17) is 26.1 Å². The molecule has 0 aliphatic carbocycles. The summed E-state index contributed by atoms with van der Waals surface area (Å²) in [4.78, 5) is 22.9. The van der Waals surface area contributed by atoms with Gasteiger partial charge in [-0.05, 0) is 30.3 Å². The molecule has 5 aromatic rings. The van der Waals surface area contributed by atoms with Gasteiger partial charge in [0, 0.05) is 51.8 Å². The summed E-state index contributed by atoms with van der Waals surface area (Å²) in [6.07, 6.45) is 2.90. The second-order valence-electron chi connectivity index (χ2n) is 8.00. The molecule has 0 saturated heterocycles. The number of aromatic nitrogens is 3. The molecule has 0 spiro atoms. The van der Waals surface area contributed by atoms with Crippen LogP contribution < -0.4 is 14.8 Å². The highest BCUT2D eigenvalue weighted by Gasteiger charge is 2.13. The fourth-order valence-corrected chi connectivity index (χ4v) is 5.65. The Balaban J connectivity index is 1.17. The van der Waals surface area contributed by atoms with Crippen LogP contribution in [0.3, 0.4) is 0 Å². The first kappa shape index (κ1) is 24.3. The first-order chi connectivity index (χ1) is 17.5. The van der Waals surface area contributed by atoms with E-state index in [-0.39, 0.29) is 12.3 Å². The maximum atomic E-state index is 12.6. The number of amides is 1. The predicted molar refractivity (Wildman–Crippen MR) is 145 cm³/mol. The minimum absolute atomic E-state index is 0.0354. The summed E-state index contributed by atoms with van der Waals surface area (Å²) in [6.45, 7) is 0.515. The predicted octanol–water partition coefficient (Wildman–Crippen LogP) is 5.76. The fraction of sp³-hybridized carbons (Fsp3) is 0.192. The summed E-state index contributed by atoms with van der Waals surface area (Å²) in [5.41, 5.74) is 4.65. The minimum atomic E-state index is -0.0354. The van der Waals surface area contributed by atoms with Gasteiger partial charge in [-0.1, -0.05) is 23.7 Å². The molecule has 0 fully saturated rings. The summed E-state index contributed by atoms with van der Waals surface area (Å²) in [5.74, 6) is 1.31. The van der Waals surface area contributed by atoms with Gasteiger partial charge in [0.1, 0.15) is 5.01 Å². The first-order valence-corrected chi connectivity index (χ1v) is 13.3. The lowest BCUT2D eigenvalue weighted by atomic mass is 10.2. The number of hydrogen-bond acceptors (Lipinski definition) is 7. The Morgan fingerprint density at radius 1 is 1.00 bits per heavy atom. The number of benzene rings is 2. The molecule has 0 aliphatic rings. The van der Waals surface area contributed by atoms with E-state index in [0.717, 1.165) is 38.2 Å². The molecule has 3 aromatic heterocycles. The van der Waals surface area contributed by atoms with Crippen molar-refractivity contribution < 1.29 is 14.3 Å². The zero-order valence-electron chi connectivity index (χ0n) is 19.7. The lowest BCUT2D eigenvalue weighted by molar-refractivity contribution is -0.120. The second-order valence-corrected chi connectivity index (χ2v) is 10.1. The number of halogens is 1. The van der Waals surface area contributed by atoms with E-state index in [1.807, 2.05) is 63.8 Å². The average molecular weight is 539 g/mol. The molecule has 0 aliphatic heterocycles. The number of carbonyl (C=O) groups excluding carboxylic acids is 1. The van der Waals surface area contributed by atoms with Gasteiger partial charge in [-0.2, -0.15) is 0 Å². The van der Waals surface area contributed by atoms with E-state index in [1.54, 1.807) is 25.6 Å². The van der Waals surface area contributed by atoms with E-state index in [0.29, 0.717) is 29.5 Å². The molecule has 0 bridgehead atoms. The normalized spacial score (nSPS) is 11.1. The number of hydrogen-bond donors (Lipinski definition) is 1. The lowest BCUT2D eigenvalue weighted by Crippen LogP contribution is -2.27. The first-order valence-electron chi connectivity index (χ1n) is 11.2. The van der Waals surface area contributed by atoms with Crippen molar-refractivity contribution in [1.29, 1.82) is 0 Å². The molecule has 3 heterocycles. The molecule has 10 heteroatoms. The van der Waals surface area contributed by atoms with Gasteiger partial charge < -0.3 is 14.8 Å². The molecule has 1 N–H and O–H groups in total. The van der Waals surface area contributed by atoms with Crippen LogP contribution in [0.25, 0.3) is 26.8 Å². The summed E-state index contributed by atoms with van der Waals surface area (Å²) in [7, 11) is 3.23. The van der Waals surface area contributed by atoms with Gasteiger partial charge >= 0.3 is 0 Å². The van der Waals surface area contributed by atoms with Crippen molar-refractivity contribution >= 4 is 45.1 Å². The molecule has 0 radical (unpaired) electrons. The highest BCUT2D eigenvalue weighted by Crippen LogP contribution is 2.33. The molecular weight excluding hydrogens is 516 g/mol. The van der Waals surface area contributed by atoms with Crippen LogP contribution in [0.15, 0.2) is 59.4 Å². The van der Waals surface area contributed by atoms with Crippen molar-refractivity contribution in [2.45, 2.75) is 12.8 Å². The highest BCUT2D eigenvalue weighted by molar-refractivity contribution is 7.15. The summed E-state index contributed by atoms with van der Waals surface area (Å²) in [6, 6.07) is 13.3.